The second-order valence-corrected chi connectivity index (χ2v) is 5.61. The van der Waals surface area contributed by atoms with Gasteiger partial charge >= 0.3 is 0 Å². The number of halogens is 2. The van der Waals surface area contributed by atoms with Gasteiger partial charge in [0.2, 0.25) is 5.91 Å². The van der Waals surface area contributed by atoms with E-state index in [0.717, 1.165) is 12.8 Å². The van der Waals surface area contributed by atoms with E-state index in [0.29, 0.717) is 18.5 Å². The minimum atomic E-state index is -0.682. The summed E-state index contributed by atoms with van der Waals surface area (Å²) < 4.78 is 25.9. The van der Waals surface area contributed by atoms with Gasteiger partial charge in [-0.3, -0.25) is 4.79 Å². The minimum Gasteiger partial charge on any atom is -0.356 e. The van der Waals surface area contributed by atoms with Gasteiger partial charge in [0, 0.05) is 33.7 Å². The first-order chi connectivity index (χ1) is 8.80. The van der Waals surface area contributed by atoms with E-state index in [2.05, 4.69) is 5.32 Å². The van der Waals surface area contributed by atoms with E-state index in [9.17, 15) is 13.6 Å². The first-order valence-electron chi connectivity index (χ1n) is 6.45. The topological polar surface area (TPSA) is 29.1 Å². The maximum Gasteiger partial charge on any atom is 0.225 e. The van der Waals surface area contributed by atoms with Gasteiger partial charge in [0.05, 0.1) is 6.07 Å². The van der Waals surface area contributed by atoms with Gasteiger partial charge in [-0.25, -0.2) is 8.78 Å². The van der Waals surface area contributed by atoms with Crippen molar-refractivity contribution in [3.63, 3.8) is 0 Å². The van der Waals surface area contributed by atoms with E-state index in [1.807, 2.05) is 26.8 Å². The van der Waals surface area contributed by atoms with Crippen LogP contribution < -0.4 is 5.32 Å². The van der Waals surface area contributed by atoms with Crippen molar-refractivity contribution >= 4 is 5.91 Å². The molecule has 1 aromatic carbocycles. The number of amides is 1. The summed E-state index contributed by atoms with van der Waals surface area (Å²) in [6, 6.07) is 4.66. The molecule has 2 nitrogen and oxygen atoms in total. The monoisotopic (exact) mass is 316 g/mol. The summed E-state index contributed by atoms with van der Waals surface area (Å²) in [5, 5.41) is 2.83. The van der Waals surface area contributed by atoms with Gasteiger partial charge in [0.15, 0.2) is 0 Å². The third kappa shape index (κ3) is 6.62. The molecular weight excluding hydrogens is 296 g/mol. The van der Waals surface area contributed by atoms with Crippen molar-refractivity contribution in [1.29, 1.82) is 0 Å². The van der Waals surface area contributed by atoms with Crippen molar-refractivity contribution in [1.82, 2.24) is 5.32 Å². The Labute approximate surface area is 134 Å². The average molecular weight is 316 g/mol. The zero-order valence-corrected chi connectivity index (χ0v) is 13.7. The molecule has 109 valence electrons. The Morgan fingerprint density at radius 3 is 2.45 bits per heavy atom. The molecule has 1 N–H and O–H groups in total. The standard InChI is InChI=1S/C15H20F2NO.Ti/c1-15(2,3)14(19)18-9-5-4-6-11-7-8-12(16)10-13(11)17;/h7-8H,4-6,9H2,1-3H3,(H,18,19);. The predicted octanol–water partition coefficient (Wildman–Crippen LogP) is 3.25. The number of rotatable bonds is 5. The number of hydrogen-bond donors (Lipinski definition) is 1. The number of nitrogens with one attached hydrogen (secondary N) is 1. The number of benzene rings is 1. The first kappa shape index (κ1) is 19.3. The number of carbonyl (C=O) groups excluding carboxylic acids is 1. The second-order valence-electron chi connectivity index (χ2n) is 5.61. The summed E-state index contributed by atoms with van der Waals surface area (Å²) in [6.07, 6.45) is 2.02. The third-order valence-electron chi connectivity index (χ3n) is 2.78. The molecule has 1 rings (SSSR count). The van der Waals surface area contributed by atoms with Crippen LogP contribution in [-0.2, 0) is 32.9 Å². The van der Waals surface area contributed by atoms with Crippen LogP contribution in [0.3, 0.4) is 0 Å². The van der Waals surface area contributed by atoms with Crippen LogP contribution in [0.4, 0.5) is 8.78 Å². The van der Waals surface area contributed by atoms with Crippen LogP contribution in [-0.4, -0.2) is 12.5 Å². The normalized spacial score (nSPS) is 10.8. The molecule has 0 spiro atoms. The fraction of sp³-hybridized carbons (Fsp3) is 0.533. The molecule has 1 aromatic rings. The van der Waals surface area contributed by atoms with E-state index in [1.54, 1.807) is 0 Å². The van der Waals surface area contributed by atoms with Crippen molar-refractivity contribution in [2.75, 3.05) is 6.54 Å². The third-order valence-corrected chi connectivity index (χ3v) is 2.78. The number of unbranched alkanes of at least 4 members (excludes halogenated alkanes) is 1. The Morgan fingerprint density at radius 1 is 1.25 bits per heavy atom. The zero-order valence-electron chi connectivity index (χ0n) is 12.1. The second kappa shape index (κ2) is 8.53. The molecule has 0 atom stereocenters. The van der Waals surface area contributed by atoms with Crippen molar-refractivity contribution in [2.24, 2.45) is 5.41 Å². The Balaban J connectivity index is 0.00000361. The van der Waals surface area contributed by atoms with Crippen LogP contribution in [0.1, 0.15) is 39.2 Å². The van der Waals surface area contributed by atoms with Crippen molar-refractivity contribution < 1.29 is 35.3 Å². The largest absolute Gasteiger partial charge is 0.356 e. The van der Waals surface area contributed by atoms with Gasteiger partial charge in [0.1, 0.15) is 11.6 Å². The van der Waals surface area contributed by atoms with Crippen LogP contribution in [0.2, 0.25) is 0 Å². The average Bonchev–Trinajstić information content (AvgIpc) is 2.29. The molecule has 0 aliphatic carbocycles. The Bertz CT molecular complexity index is 444. The Kier molecular flexibility index (Phi) is 8.22. The van der Waals surface area contributed by atoms with E-state index < -0.39 is 17.0 Å². The van der Waals surface area contributed by atoms with Crippen LogP contribution in [0.5, 0.6) is 0 Å². The van der Waals surface area contributed by atoms with Gasteiger partial charge in [-0.1, -0.05) is 26.8 Å². The van der Waals surface area contributed by atoms with Gasteiger partial charge < -0.3 is 5.32 Å². The van der Waals surface area contributed by atoms with Gasteiger partial charge in [-0.15, -0.1) is 0 Å². The molecule has 0 aromatic heterocycles. The van der Waals surface area contributed by atoms with Crippen LogP contribution in [0, 0.1) is 23.1 Å². The Morgan fingerprint density at radius 2 is 1.90 bits per heavy atom. The molecule has 0 saturated carbocycles. The number of aryl methyl sites for hydroxylation is 1. The van der Waals surface area contributed by atoms with Gasteiger partial charge in [-0.05, 0) is 30.9 Å². The van der Waals surface area contributed by atoms with E-state index in [4.69, 9.17) is 0 Å². The summed E-state index contributed by atoms with van der Waals surface area (Å²) in [4.78, 5) is 11.6. The van der Waals surface area contributed by atoms with Crippen molar-refractivity contribution in [2.45, 2.75) is 40.0 Å². The molecule has 1 amide bonds. The van der Waals surface area contributed by atoms with Crippen LogP contribution in [0.15, 0.2) is 12.1 Å². The number of hydrogen-bond acceptors (Lipinski definition) is 1. The van der Waals surface area contributed by atoms with Gasteiger partial charge in [-0.2, -0.15) is 0 Å². The summed E-state index contributed by atoms with van der Waals surface area (Å²) in [6.45, 7) is 6.13. The van der Waals surface area contributed by atoms with Crippen LogP contribution in [0.25, 0.3) is 0 Å². The summed E-state index contributed by atoms with van der Waals surface area (Å²) in [5.41, 5.74) is 0.0708. The van der Waals surface area contributed by atoms with E-state index >= 15 is 0 Å². The summed E-state index contributed by atoms with van der Waals surface area (Å²) in [5.74, 6) is -1.30. The smallest absolute Gasteiger partial charge is 0.225 e. The quantitative estimate of drug-likeness (QED) is 0.656. The fourth-order valence-corrected chi connectivity index (χ4v) is 1.57. The zero-order chi connectivity index (χ0) is 14.5. The molecule has 20 heavy (non-hydrogen) atoms. The molecule has 0 saturated heterocycles. The molecule has 0 aliphatic heterocycles. The van der Waals surface area contributed by atoms with E-state index in [-0.39, 0.29) is 27.6 Å². The van der Waals surface area contributed by atoms with Crippen molar-refractivity contribution in [3.05, 3.63) is 35.4 Å². The maximum absolute atomic E-state index is 13.3. The van der Waals surface area contributed by atoms with Gasteiger partial charge in [0.25, 0.3) is 0 Å². The molecule has 0 heterocycles. The molecule has 5 heteroatoms. The SMILES string of the molecule is CC(C)(C)C(=O)NCCCCc1ccc(F)[c]c1F.[Ti]. The first-order valence-corrected chi connectivity index (χ1v) is 6.45. The van der Waals surface area contributed by atoms with Crippen molar-refractivity contribution in [3.8, 4) is 0 Å². The fourth-order valence-electron chi connectivity index (χ4n) is 1.57. The molecule has 0 bridgehead atoms. The molecule has 0 unspecified atom stereocenters. The minimum absolute atomic E-state index is 0. The summed E-state index contributed by atoms with van der Waals surface area (Å²) >= 11 is 0. The molecule has 1 radical (unpaired) electrons. The molecular formula is C15H20F2NOTi. The van der Waals surface area contributed by atoms with E-state index in [1.165, 1.54) is 12.1 Å². The molecule has 0 aliphatic rings. The summed E-state index contributed by atoms with van der Waals surface area (Å²) in [7, 11) is 0. The number of carbonyl (C=O) groups is 1. The maximum atomic E-state index is 13.3. The molecule has 0 fully saturated rings. The predicted molar refractivity (Wildman–Crippen MR) is 70.6 cm³/mol. The Hall–Kier alpha value is -0.736. The van der Waals surface area contributed by atoms with Crippen LogP contribution >= 0.6 is 0 Å².